The van der Waals surface area contributed by atoms with Crippen molar-refractivity contribution in [2.45, 2.75) is 32.7 Å². The number of amides is 2. The lowest BCUT2D eigenvalue weighted by Crippen LogP contribution is -2.48. The van der Waals surface area contributed by atoms with Crippen molar-refractivity contribution in [2.24, 2.45) is 0 Å². The van der Waals surface area contributed by atoms with Crippen molar-refractivity contribution < 1.29 is 9.59 Å². The van der Waals surface area contributed by atoms with Crippen molar-refractivity contribution in [1.29, 1.82) is 0 Å². The molecule has 1 heterocycles. The van der Waals surface area contributed by atoms with Crippen LogP contribution in [0, 0.1) is 0 Å². The van der Waals surface area contributed by atoms with E-state index in [4.69, 9.17) is 0 Å². The highest BCUT2D eigenvalue weighted by Crippen LogP contribution is 2.09. The van der Waals surface area contributed by atoms with Crippen LogP contribution in [0.4, 0.5) is 0 Å². The van der Waals surface area contributed by atoms with Crippen LogP contribution in [-0.2, 0) is 9.59 Å². The summed E-state index contributed by atoms with van der Waals surface area (Å²) in [4.78, 5) is 24.3. The smallest absolute Gasteiger partial charge is 0.244 e. The first kappa shape index (κ1) is 11.8. The molecule has 1 atom stereocenters. The Morgan fingerprint density at radius 3 is 2.73 bits per heavy atom. The number of hydrogen-bond donors (Lipinski definition) is 1. The van der Waals surface area contributed by atoms with Gasteiger partial charge >= 0.3 is 0 Å². The number of allylic oxidation sites excluding steroid dienone is 1. The number of nitrogens with one attached hydrogen (secondary N) is 1. The maximum Gasteiger partial charge on any atom is 0.244 e. The lowest BCUT2D eigenvalue weighted by molar-refractivity contribution is -0.133. The topological polar surface area (TPSA) is 49.4 Å². The Hall–Kier alpha value is -1.32. The van der Waals surface area contributed by atoms with Gasteiger partial charge in [0.05, 0.1) is 0 Å². The van der Waals surface area contributed by atoms with Gasteiger partial charge in [-0.3, -0.25) is 9.59 Å². The van der Waals surface area contributed by atoms with Crippen LogP contribution in [0.3, 0.4) is 0 Å². The Morgan fingerprint density at radius 1 is 1.53 bits per heavy atom. The number of likely N-dealkylation sites (tertiary alicyclic amines) is 1. The van der Waals surface area contributed by atoms with Crippen LogP contribution in [0.1, 0.15) is 26.7 Å². The molecule has 1 aliphatic rings. The Bertz CT molecular complexity index is 293. The summed E-state index contributed by atoms with van der Waals surface area (Å²) in [6.07, 6.45) is 2.85. The normalized spacial score (nSPS) is 21.1. The molecular formula is C11H18N2O2. The summed E-state index contributed by atoms with van der Waals surface area (Å²) in [7, 11) is 1.77. The van der Waals surface area contributed by atoms with Gasteiger partial charge in [-0.1, -0.05) is 5.57 Å². The van der Waals surface area contributed by atoms with Crippen molar-refractivity contribution in [3.63, 3.8) is 0 Å². The zero-order valence-electron chi connectivity index (χ0n) is 9.54. The standard InChI is InChI=1S/C11H18N2O2/c1-8(2)6-10(14)12-9-4-5-11(15)13(3)7-9/h6,9H,4-5,7H2,1-3H3,(H,12,14). The van der Waals surface area contributed by atoms with Gasteiger partial charge in [-0.25, -0.2) is 0 Å². The first-order valence-electron chi connectivity index (χ1n) is 5.18. The van der Waals surface area contributed by atoms with Crippen LogP contribution in [0.2, 0.25) is 0 Å². The van der Waals surface area contributed by atoms with Gasteiger partial charge in [0.15, 0.2) is 0 Å². The molecule has 0 spiro atoms. The number of hydrogen-bond acceptors (Lipinski definition) is 2. The lowest BCUT2D eigenvalue weighted by atomic mass is 10.1. The van der Waals surface area contributed by atoms with Crippen molar-refractivity contribution in [3.8, 4) is 0 Å². The molecule has 0 bridgehead atoms. The second kappa shape index (κ2) is 4.96. The molecule has 4 heteroatoms. The summed E-state index contributed by atoms with van der Waals surface area (Å²) in [6.45, 7) is 4.38. The first-order valence-corrected chi connectivity index (χ1v) is 5.18. The third kappa shape index (κ3) is 3.73. The average molecular weight is 210 g/mol. The minimum Gasteiger partial charge on any atom is -0.348 e. The van der Waals surface area contributed by atoms with Gasteiger partial charge in [-0.05, 0) is 20.3 Å². The van der Waals surface area contributed by atoms with Crippen molar-refractivity contribution in [2.75, 3.05) is 13.6 Å². The number of carbonyl (C=O) groups excluding carboxylic acids is 2. The van der Waals surface area contributed by atoms with Crippen LogP contribution in [0.5, 0.6) is 0 Å². The lowest BCUT2D eigenvalue weighted by Gasteiger charge is -2.29. The fraction of sp³-hybridized carbons (Fsp3) is 0.636. The molecule has 0 radical (unpaired) electrons. The molecule has 2 amide bonds. The van der Waals surface area contributed by atoms with E-state index in [9.17, 15) is 9.59 Å². The average Bonchev–Trinajstić information content (AvgIpc) is 2.10. The summed E-state index contributed by atoms with van der Waals surface area (Å²) in [5.41, 5.74) is 0.979. The van der Waals surface area contributed by atoms with Gasteiger partial charge in [0.1, 0.15) is 0 Å². The third-order valence-corrected chi connectivity index (χ3v) is 2.39. The zero-order chi connectivity index (χ0) is 11.4. The van der Waals surface area contributed by atoms with E-state index in [1.54, 1.807) is 18.0 Å². The highest BCUT2D eigenvalue weighted by atomic mass is 16.2. The molecule has 0 aromatic carbocycles. The minimum atomic E-state index is -0.0669. The molecule has 1 rings (SSSR count). The highest BCUT2D eigenvalue weighted by Gasteiger charge is 2.23. The zero-order valence-corrected chi connectivity index (χ0v) is 9.54. The predicted octanol–water partition coefficient (Wildman–Crippen LogP) is 0.690. The van der Waals surface area contributed by atoms with Crippen molar-refractivity contribution in [1.82, 2.24) is 10.2 Å². The molecule has 1 saturated heterocycles. The molecule has 1 fully saturated rings. The molecule has 0 saturated carbocycles. The molecule has 0 aliphatic carbocycles. The summed E-state index contributed by atoms with van der Waals surface area (Å²) < 4.78 is 0. The Labute approximate surface area is 90.3 Å². The predicted molar refractivity (Wildman–Crippen MR) is 58.2 cm³/mol. The molecule has 1 unspecified atom stereocenters. The van der Waals surface area contributed by atoms with E-state index in [1.807, 2.05) is 13.8 Å². The third-order valence-electron chi connectivity index (χ3n) is 2.39. The number of likely N-dealkylation sites (N-methyl/N-ethyl adjacent to an activating group) is 1. The number of carbonyl (C=O) groups is 2. The van der Waals surface area contributed by atoms with Gasteiger partial charge < -0.3 is 10.2 Å². The second-order valence-electron chi connectivity index (χ2n) is 4.24. The van der Waals surface area contributed by atoms with E-state index in [1.165, 1.54) is 0 Å². The van der Waals surface area contributed by atoms with Gasteiger partial charge in [0, 0.05) is 32.1 Å². The van der Waals surface area contributed by atoms with Crippen LogP contribution in [-0.4, -0.2) is 36.3 Å². The molecule has 4 nitrogen and oxygen atoms in total. The number of rotatable bonds is 2. The van der Waals surface area contributed by atoms with E-state index in [0.29, 0.717) is 13.0 Å². The molecule has 1 N–H and O–H groups in total. The molecule has 1 aliphatic heterocycles. The van der Waals surface area contributed by atoms with Gasteiger partial charge in [0.2, 0.25) is 11.8 Å². The second-order valence-corrected chi connectivity index (χ2v) is 4.24. The fourth-order valence-corrected chi connectivity index (χ4v) is 1.64. The molecule has 84 valence electrons. The van der Waals surface area contributed by atoms with Crippen LogP contribution < -0.4 is 5.32 Å². The van der Waals surface area contributed by atoms with Crippen molar-refractivity contribution in [3.05, 3.63) is 11.6 Å². The SMILES string of the molecule is CC(C)=CC(=O)NC1CCC(=O)N(C)C1. The Balaban J connectivity index is 2.43. The van der Waals surface area contributed by atoms with Crippen molar-refractivity contribution >= 4 is 11.8 Å². The van der Waals surface area contributed by atoms with E-state index in [0.717, 1.165) is 12.0 Å². The van der Waals surface area contributed by atoms with E-state index in [2.05, 4.69) is 5.32 Å². The van der Waals surface area contributed by atoms with E-state index < -0.39 is 0 Å². The summed E-state index contributed by atoms with van der Waals surface area (Å²) in [5.74, 6) is 0.0884. The minimum absolute atomic E-state index is 0.0669. The maximum absolute atomic E-state index is 11.4. The van der Waals surface area contributed by atoms with Gasteiger partial charge in [-0.15, -0.1) is 0 Å². The molecule has 0 aromatic heterocycles. The maximum atomic E-state index is 11.4. The molecular weight excluding hydrogens is 192 g/mol. The Kier molecular flexibility index (Phi) is 3.88. The largest absolute Gasteiger partial charge is 0.348 e. The monoisotopic (exact) mass is 210 g/mol. The molecule has 15 heavy (non-hydrogen) atoms. The van der Waals surface area contributed by atoms with E-state index in [-0.39, 0.29) is 17.9 Å². The first-order chi connectivity index (χ1) is 6.99. The number of piperidine rings is 1. The summed E-state index contributed by atoms with van der Waals surface area (Å²) in [5, 5.41) is 2.89. The molecule has 0 aromatic rings. The van der Waals surface area contributed by atoms with Gasteiger partial charge in [-0.2, -0.15) is 0 Å². The summed E-state index contributed by atoms with van der Waals surface area (Å²) >= 11 is 0. The van der Waals surface area contributed by atoms with Crippen LogP contribution in [0.15, 0.2) is 11.6 Å². The van der Waals surface area contributed by atoms with Crippen LogP contribution >= 0.6 is 0 Å². The number of nitrogens with zero attached hydrogens (tertiary/aromatic N) is 1. The highest BCUT2D eigenvalue weighted by molar-refractivity contribution is 5.88. The fourth-order valence-electron chi connectivity index (χ4n) is 1.64. The quantitative estimate of drug-likeness (QED) is 0.682. The van der Waals surface area contributed by atoms with Gasteiger partial charge in [0.25, 0.3) is 0 Å². The van der Waals surface area contributed by atoms with Crippen LogP contribution in [0.25, 0.3) is 0 Å². The summed E-state index contributed by atoms with van der Waals surface area (Å²) in [6, 6.07) is 0.0933. The van der Waals surface area contributed by atoms with E-state index >= 15 is 0 Å². The Morgan fingerprint density at radius 2 is 2.20 bits per heavy atom.